The summed E-state index contributed by atoms with van der Waals surface area (Å²) in [6.07, 6.45) is 0. The molecule has 0 aliphatic carbocycles. The van der Waals surface area contributed by atoms with Crippen LogP contribution >= 0.6 is 38.9 Å². The number of rotatable bonds is 3. The Bertz CT molecular complexity index is 620. The van der Waals surface area contributed by atoms with Crippen molar-refractivity contribution in [3.8, 4) is 0 Å². The molecule has 0 radical (unpaired) electrons. The van der Waals surface area contributed by atoms with Crippen LogP contribution in [0.15, 0.2) is 23.7 Å². The summed E-state index contributed by atoms with van der Waals surface area (Å²) < 4.78 is 18.5. The normalized spacial score (nSPS) is 12.2. The third kappa shape index (κ3) is 2.96. The number of hydrogen-bond acceptors (Lipinski definition) is 4. The zero-order chi connectivity index (χ0) is 14.0. The summed E-state index contributed by atoms with van der Waals surface area (Å²) in [6.45, 7) is 0. The highest BCUT2D eigenvalue weighted by Crippen LogP contribution is 2.37. The lowest BCUT2D eigenvalue weighted by molar-refractivity contribution is 0.0594. The number of hydrogen-bond donors (Lipinski definition) is 0. The Labute approximate surface area is 126 Å². The second kappa shape index (κ2) is 5.98. The number of carbonyl (C=O) groups is 1. The minimum atomic E-state index is -0.546. The van der Waals surface area contributed by atoms with Crippen molar-refractivity contribution in [3.05, 3.63) is 50.7 Å². The Morgan fingerprint density at radius 3 is 2.95 bits per heavy atom. The van der Waals surface area contributed by atoms with Gasteiger partial charge in [0, 0.05) is 10.6 Å². The van der Waals surface area contributed by atoms with Crippen LogP contribution in [0.4, 0.5) is 4.39 Å². The largest absolute Gasteiger partial charge is 0.464 e. The second-order valence-electron chi connectivity index (χ2n) is 3.59. The molecule has 0 fully saturated rings. The topological polar surface area (TPSA) is 39.2 Å². The van der Waals surface area contributed by atoms with Crippen LogP contribution < -0.4 is 0 Å². The zero-order valence-electron chi connectivity index (χ0n) is 9.69. The van der Waals surface area contributed by atoms with E-state index >= 15 is 0 Å². The van der Waals surface area contributed by atoms with Gasteiger partial charge in [-0.05, 0) is 12.1 Å². The van der Waals surface area contributed by atoms with Gasteiger partial charge in [-0.1, -0.05) is 33.6 Å². The average Bonchev–Trinajstić information content (AvgIpc) is 2.86. The highest BCUT2D eigenvalue weighted by atomic mass is 79.9. The van der Waals surface area contributed by atoms with Gasteiger partial charge >= 0.3 is 5.97 Å². The summed E-state index contributed by atoms with van der Waals surface area (Å²) in [5.41, 5.74) is 2.09. The molecule has 100 valence electrons. The predicted octanol–water partition coefficient (Wildman–Crippen LogP) is 4.21. The SMILES string of the molecule is COC(=O)c1ncsc1C(Br)c1ccc(Cl)cc1F. The highest BCUT2D eigenvalue weighted by molar-refractivity contribution is 9.09. The van der Waals surface area contributed by atoms with E-state index in [2.05, 4.69) is 25.7 Å². The van der Waals surface area contributed by atoms with E-state index < -0.39 is 16.6 Å². The van der Waals surface area contributed by atoms with Crippen molar-refractivity contribution in [2.75, 3.05) is 7.11 Å². The molecule has 1 aromatic carbocycles. The molecular formula is C12H8BrClFNO2S. The smallest absolute Gasteiger partial charge is 0.357 e. The Morgan fingerprint density at radius 1 is 1.58 bits per heavy atom. The summed E-state index contributed by atoms with van der Waals surface area (Å²) in [5, 5.41) is 0.318. The molecule has 7 heteroatoms. The summed E-state index contributed by atoms with van der Waals surface area (Å²) in [5.74, 6) is -0.992. The van der Waals surface area contributed by atoms with Gasteiger partial charge in [0.1, 0.15) is 5.82 Å². The van der Waals surface area contributed by atoms with Crippen molar-refractivity contribution in [1.82, 2.24) is 4.98 Å². The molecule has 1 aromatic heterocycles. The fourth-order valence-corrected chi connectivity index (χ4v) is 3.37. The summed E-state index contributed by atoms with van der Waals surface area (Å²) in [4.78, 5) is 15.6. The van der Waals surface area contributed by atoms with Crippen molar-refractivity contribution in [1.29, 1.82) is 0 Å². The third-order valence-electron chi connectivity index (χ3n) is 2.44. The molecule has 0 aliphatic heterocycles. The zero-order valence-corrected chi connectivity index (χ0v) is 12.9. The first kappa shape index (κ1) is 14.4. The maximum Gasteiger partial charge on any atom is 0.357 e. The minimum Gasteiger partial charge on any atom is -0.464 e. The van der Waals surface area contributed by atoms with Gasteiger partial charge in [-0.3, -0.25) is 0 Å². The number of esters is 1. The number of alkyl halides is 1. The second-order valence-corrected chi connectivity index (χ2v) is 5.82. The average molecular weight is 365 g/mol. The van der Waals surface area contributed by atoms with Gasteiger partial charge in [-0.2, -0.15) is 0 Å². The molecular weight excluding hydrogens is 357 g/mol. The molecule has 0 spiro atoms. The van der Waals surface area contributed by atoms with Crippen LogP contribution in [0.1, 0.15) is 25.8 Å². The van der Waals surface area contributed by atoms with E-state index in [1.807, 2.05) is 0 Å². The van der Waals surface area contributed by atoms with Crippen molar-refractivity contribution in [2.24, 2.45) is 0 Å². The van der Waals surface area contributed by atoms with Gasteiger partial charge in [-0.15, -0.1) is 11.3 Å². The molecule has 1 heterocycles. The molecule has 0 N–H and O–H groups in total. The maximum absolute atomic E-state index is 13.9. The first-order valence-corrected chi connectivity index (χ1v) is 7.32. The lowest BCUT2D eigenvalue weighted by atomic mass is 10.1. The Kier molecular flexibility index (Phi) is 4.54. The number of benzene rings is 1. The molecule has 0 saturated heterocycles. The fourth-order valence-electron chi connectivity index (χ4n) is 1.53. The van der Waals surface area contributed by atoms with Crippen LogP contribution in [0.3, 0.4) is 0 Å². The van der Waals surface area contributed by atoms with Crippen molar-refractivity contribution < 1.29 is 13.9 Å². The Balaban J connectivity index is 2.42. The van der Waals surface area contributed by atoms with Gasteiger partial charge in [0.15, 0.2) is 5.69 Å². The summed E-state index contributed by atoms with van der Waals surface area (Å²) in [7, 11) is 1.28. The molecule has 2 rings (SSSR count). The fraction of sp³-hybridized carbons (Fsp3) is 0.167. The molecule has 1 atom stereocenters. The van der Waals surface area contributed by atoms with Crippen molar-refractivity contribution in [2.45, 2.75) is 4.83 Å². The molecule has 2 aromatic rings. The predicted molar refractivity (Wildman–Crippen MR) is 75.6 cm³/mol. The number of nitrogens with zero attached hydrogens (tertiary/aromatic N) is 1. The van der Waals surface area contributed by atoms with E-state index in [0.29, 0.717) is 15.5 Å². The van der Waals surface area contributed by atoms with Crippen LogP contribution in [-0.4, -0.2) is 18.1 Å². The van der Waals surface area contributed by atoms with Crippen molar-refractivity contribution in [3.63, 3.8) is 0 Å². The lowest BCUT2D eigenvalue weighted by Crippen LogP contribution is -2.07. The van der Waals surface area contributed by atoms with Crippen LogP contribution in [0.5, 0.6) is 0 Å². The van der Waals surface area contributed by atoms with Gasteiger partial charge in [0.2, 0.25) is 0 Å². The number of thiazole rings is 1. The van der Waals surface area contributed by atoms with Crippen LogP contribution in [0.2, 0.25) is 5.02 Å². The van der Waals surface area contributed by atoms with Gasteiger partial charge < -0.3 is 4.74 Å². The van der Waals surface area contributed by atoms with Crippen LogP contribution in [-0.2, 0) is 4.74 Å². The lowest BCUT2D eigenvalue weighted by Gasteiger charge is -2.10. The summed E-state index contributed by atoms with van der Waals surface area (Å²) >= 11 is 10.3. The standard InChI is InChI=1S/C12H8BrClFNO2S/c1-18-12(17)10-11(19-5-16-10)9(13)7-3-2-6(14)4-8(7)15/h2-5,9H,1H3. The number of carbonyl (C=O) groups excluding carboxylic acids is 1. The molecule has 1 unspecified atom stereocenters. The number of aromatic nitrogens is 1. The van der Waals surface area contributed by atoms with E-state index in [1.54, 1.807) is 12.1 Å². The maximum atomic E-state index is 13.9. The number of methoxy groups -OCH3 is 1. The van der Waals surface area contributed by atoms with E-state index in [1.165, 1.54) is 30.0 Å². The van der Waals surface area contributed by atoms with E-state index in [9.17, 15) is 9.18 Å². The third-order valence-corrected chi connectivity index (χ3v) is 4.82. The van der Waals surface area contributed by atoms with Crippen LogP contribution in [0, 0.1) is 5.82 Å². The first-order valence-electron chi connectivity index (χ1n) is 5.15. The molecule has 0 bridgehead atoms. The number of halogens is 3. The molecule has 0 amide bonds. The van der Waals surface area contributed by atoms with Gasteiger partial charge in [0.05, 0.1) is 22.3 Å². The van der Waals surface area contributed by atoms with Gasteiger partial charge in [-0.25, -0.2) is 14.2 Å². The number of ether oxygens (including phenoxy) is 1. The van der Waals surface area contributed by atoms with Gasteiger partial charge in [0.25, 0.3) is 0 Å². The molecule has 0 saturated carbocycles. The van der Waals surface area contributed by atoms with E-state index in [-0.39, 0.29) is 5.69 Å². The van der Waals surface area contributed by atoms with E-state index in [0.717, 1.165) is 0 Å². The summed E-state index contributed by atoms with van der Waals surface area (Å²) in [6, 6.07) is 4.38. The molecule has 3 nitrogen and oxygen atoms in total. The van der Waals surface area contributed by atoms with Crippen molar-refractivity contribution >= 4 is 44.8 Å². The van der Waals surface area contributed by atoms with E-state index in [4.69, 9.17) is 11.6 Å². The first-order chi connectivity index (χ1) is 9.04. The highest BCUT2D eigenvalue weighted by Gasteiger charge is 2.24. The minimum absolute atomic E-state index is 0.184. The monoisotopic (exact) mass is 363 g/mol. The molecule has 19 heavy (non-hydrogen) atoms. The van der Waals surface area contributed by atoms with Crippen LogP contribution in [0.25, 0.3) is 0 Å². The quantitative estimate of drug-likeness (QED) is 0.605. The molecule has 0 aliphatic rings. The Morgan fingerprint density at radius 2 is 2.32 bits per heavy atom. The Hall–Kier alpha value is -0.980.